The molecule has 0 spiro atoms. The first-order chi connectivity index (χ1) is 13.7. The molecule has 29 heavy (non-hydrogen) atoms. The molecule has 1 aliphatic rings. The van der Waals surface area contributed by atoms with E-state index in [1.54, 1.807) is 42.4 Å². The van der Waals surface area contributed by atoms with Crippen LogP contribution in [0.3, 0.4) is 0 Å². The van der Waals surface area contributed by atoms with Gasteiger partial charge in [-0.3, -0.25) is 9.10 Å². The lowest BCUT2D eigenvalue weighted by molar-refractivity contribution is -0.132. The molecule has 0 radical (unpaired) electrons. The number of benzene rings is 1. The van der Waals surface area contributed by atoms with Gasteiger partial charge in [0.15, 0.2) is 0 Å². The van der Waals surface area contributed by atoms with Crippen LogP contribution in [-0.2, 0) is 14.8 Å². The molecule has 1 fully saturated rings. The van der Waals surface area contributed by atoms with Gasteiger partial charge in [0.1, 0.15) is 18.2 Å². The Morgan fingerprint density at radius 1 is 1.07 bits per heavy atom. The van der Waals surface area contributed by atoms with E-state index in [1.807, 2.05) is 19.9 Å². The lowest BCUT2D eigenvalue weighted by Crippen LogP contribution is -2.55. The third kappa shape index (κ3) is 4.50. The highest BCUT2D eigenvalue weighted by atomic mass is 32.2. The smallest absolute Gasteiger partial charge is 0.246 e. The zero-order chi connectivity index (χ0) is 21.2. The molecular formula is C20H27N5O3S. The number of anilines is 2. The maximum Gasteiger partial charge on any atom is 0.246 e. The number of hydrogen-bond donors (Lipinski definition) is 0. The Labute approximate surface area is 172 Å². The topological polar surface area (TPSA) is 86.7 Å². The second-order valence-corrected chi connectivity index (χ2v) is 9.15. The first kappa shape index (κ1) is 21.0. The van der Waals surface area contributed by atoms with Gasteiger partial charge < -0.3 is 9.80 Å². The van der Waals surface area contributed by atoms with Gasteiger partial charge in [0, 0.05) is 37.4 Å². The molecule has 0 N–H and O–H groups in total. The first-order valence-electron chi connectivity index (χ1n) is 9.56. The fourth-order valence-electron chi connectivity index (χ4n) is 3.62. The second-order valence-electron chi connectivity index (χ2n) is 7.29. The number of piperazine rings is 1. The van der Waals surface area contributed by atoms with Crippen molar-refractivity contribution in [2.45, 2.75) is 26.8 Å². The van der Waals surface area contributed by atoms with Gasteiger partial charge >= 0.3 is 0 Å². The van der Waals surface area contributed by atoms with Crippen LogP contribution in [-0.4, -0.2) is 67.7 Å². The van der Waals surface area contributed by atoms with Crippen LogP contribution < -0.4 is 9.21 Å². The van der Waals surface area contributed by atoms with Crippen LogP contribution >= 0.6 is 0 Å². The number of nitrogens with zero attached hydrogens (tertiary/aromatic N) is 5. The van der Waals surface area contributed by atoms with E-state index in [2.05, 4.69) is 14.9 Å². The van der Waals surface area contributed by atoms with Crippen LogP contribution in [0.15, 0.2) is 36.7 Å². The summed E-state index contributed by atoms with van der Waals surface area (Å²) in [5, 5.41) is 0. The molecule has 1 aliphatic heterocycles. The summed E-state index contributed by atoms with van der Waals surface area (Å²) in [6.45, 7) is 7.89. The molecule has 1 aromatic heterocycles. The average molecular weight is 418 g/mol. The van der Waals surface area contributed by atoms with Crippen LogP contribution in [0.5, 0.6) is 0 Å². The molecule has 8 nitrogen and oxygen atoms in total. The largest absolute Gasteiger partial charge is 0.353 e. The minimum atomic E-state index is -3.61. The molecular weight excluding hydrogens is 390 g/mol. The maximum absolute atomic E-state index is 13.1. The van der Waals surface area contributed by atoms with Crippen molar-refractivity contribution >= 4 is 27.4 Å². The zero-order valence-corrected chi connectivity index (χ0v) is 18.1. The molecule has 156 valence electrons. The summed E-state index contributed by atoms with van der Waals surface area (Å²) in [6, 6.07) is 7.91. The summed E-state index contributed by atoms with van der Waals surface area (Å²) in [5.74, 6) is 0.689. The van der Waals surface area contributed by atoms with E-state index in [0.29, 0.717) is 31.9 Å². The van der Waals surface area contributed by atoms with Crippen molar-refractivity contribution in [2.24, 2.45) is 0 Å². The molecule has 1 amide bonds. The number of aryl methyl sites for hydroxylation is 1. The summed E-state index contributed by atoms with van der Waals surface area (Å²) in [4.78, 5) is 25.6. The van der Waals surface area contributed by atoms with E-state index in [4.69, 9.17) is 0 Å². The van der Waals surface area contributed by atoms with Crippen molar-refractivity contribution in [1.29, 1.82) is 0 Å². The lowest BCUT2D eigenvalue weighted by atomic mass is 10.2. The van der Waals surface area contributed by atoms with E-state index in [-0.39, 0.29) is 5.91 Å². The third-order valence-corrected chi connectivity index (χ3v) is 6.52. The van der Waals surface area contributed by atoms with E-state index >= 15 is 0 Å². The molecule has 0 aliphatic carbocycles. The SMILES string of the molecule is Cc1ncnc(N2CCN(C(=O)C(C)N(c3ccccc3)S(C)(=O)=O)CC2)c1C. The number of aromatic nitrogens is 2. The Morgan fingerprint density at radius 2 is 1.69 bits per heavy atom. The quantitative estimate of drug-likeness (QED) is 0.734. The average Bonchev–Trinajstić information content (AvgIpc) is 2.69. The first-order valence-corrected chi connectivity index (χ1v) is 11.4. The van der Waals surface area contributed by atoms with Gasteiger partial charge in [-0.2, -0.15) is 0 Å². The molecule has 9 heteroatoms. The van der Waals surface area contributed by atoms with Gasteiger partial charge in [0.25, 0.3) is 0 Å². The van der Waals surface area contributed by atoms with E-state index in [9.17, 15) is 13.2 Å². The number of rotatable bonds is 5. The maximum atomic E-state index is 13.1. The highest BCUT2D eigenvalue weighted by Gasteiger charge is 2.33. The molecule has 1 aromatic carbocycles. The highest BCUT2D eigenvalue weighted by molar-refractivity contribution is 7.92. The highest BCUT2D eigenvalue weighted by Crippen LogP contribution is 2.23. The zero-order valence-electron chi connectivity index (χ0n) is 17.2. The van der Waals surface area contributed by atoms with Gasteiger partial charge in [0.2, 0.25) is 15.9 Å². The molecule has 1 atom stereocenters. The minimum absolute atomic E-state index is 0.200. The Kier molecular flexibility index (Phi) is 6.07. The summed E-state index contributed by atoms with van der Waals surface area (Å²) in [5.41, 5.74) is 2.46. The monoisotopic (exact) mass is 417 g/mol. The van der Waals surface area contributed by atoms with Gasteiger partial charge in [0.05, 0.1) is 11.9 Å². The van der Waals surface area contributed by atoms with Gasteiger partial charge in [-0.25, -0.2) is 18.4 Å². The Morgan fingerprint density at radius 3 is 2.28 bits per heavy atom. The van der Waals surface area contributed by atoms with Gasteiger partial charge in [-0.05, 0) is 32.9 Å². The lowest BCUT2D eigenvalue weighted by Gasteiger charge is -2.38. The van der Waals surface area contributed by atoms with Gasteiger partial charge in [-0.1, -0.05) is 18.2 Å². The van der Waals surface area contributed by atoms with Crippen molar-refractivity contribution in [2.75, 3.05) is 41.6 Å². The number of para-hydroxylation sites is 1. The van der Waals surface area contributed by atoms with Crippen LogP contribution in [0.25, 0.3) is 0 Å². The standard InChI is InChI=1S/C20H27N5O3S/c1-15-16(2)21-14-22-19(15)23-10-12-24(13-11-23)20(26)17(3)25(29(4,27)28)18-8-6-5-7-9-18/h5-9,14,17H,10-13H2,1-4H3. The number of hydrogen-bond acceptors (Lipinski definition) is 6. The van der Waals surface area contributed by atoms with Crippen molar-refractivity contribution in [3.63, 3.8) is 0 Å². The van der Waals surface area contributed by atoms with Crippen LogP contribution in [0.1, 0.15) is 18.2 Å². The second kappa shape index (κ2) is 8.36. The molecule has 2 aromatic rings. The van der Waals surface area contributed by atoms with Crippen LogP contribution in [0.4, 0.5) is 11.5 Å². The number of amides is 1. The summed E-state index contributed by atoms with van der Waals surface area (Å²) in [7, 11) is -3.61. The number of sulfonamides is 1. The Hall–Kier alpha value is -2.68. The molecule has 3 rings (SSSR count). The molecule has 0 saturated carbocycles. The predicted molar refractivity (Wildman–Crippen MR) is 114 cm³/mol. The Bertz CT molecular complexity index is 973. The van der Waals surface area contributed by atoms with Gasteiger partial charge in [-0.15, -0.1) is 0 Å². The summed E-state index contributed by atoms with van der Waals surface area (Å²) in [6.07, 6.45) is 2.68. The van der Waals surface area contributed by atoms with E-state index in [0.717, 1.165) is 23.3 Å². The Balaban J connectivity index is 1.73. The van der Waals surface area contributed by atoms with Crippen molar-refractivity contribution in [1.82, 2.24) is 14.9 Å². The number of carbonyl (C=O) groups excluding carboxylic acids is 1. The molecule has 2 heterocycles. The summed E-state index contributed by atoms with van der Waals surface area (Å²) < 4.78 is 26.0. The molecule has 1 unspecified atom stereocenters. The third-order valence-electron chi connectivity index (χ3n) is 5.28. The predicted octanol–water partition coefficient (Wildman–Crippen LogP) is 1.60. The van der Waals surface area contributed by atoms with Crippen LogP contribution in [0, 0.1) is 13.8 Å². The van der Waals surface area contributed by atoms with E-state index in [1.165, 1.54) is 4.31 Å². The van der Waals surface area contributed by atoms with Crippen molar-refractivity contribution in [3.8, 4) is 0 Å². The fraction of sp³-hybridized carbons (Fsp3) is 0.450. The van der Waals surface area contributed by atoms with Crippen LogP contribution in [0.2, 0.25) is 0 Å². The van der Waals surface area contributed by atoms with E-state index < -0.39 is 16.1 Å². The normalized spacial score (nSPS) is 15.9. The summed E-state index contributed by atoms with van der Waals surface area (Å²) >= 11 is 0. The van der Waals surface area contributed by atoms with Crippen molar-refractivity contribution < 1.29 is 13.2 Å². The minimum Gasteiger partial charge on any atom is -0.353 e. The number of carbonyl (C=O) groups is 1. The molecule has 0 bridgehead atoms. The molecule has 1 saturated heterocycles. The van der Waals surface area contributed by atoms with Crippen molar-refractivity contribution in [3.05, 3.63) is 47.9 Å². The fourth-order valence-corrected chi connectivity index (χ4v) is 4.79.